The van der Waals surface area contributed by atoms with Gasteiger partial charge in [0.25, 0.3) is 0 Å². The van der Waals surface area contributed by atoms with Gasteiger partial charge < -0.3 is 4.74 Å². The van der Waals surface area contributed by atoms with Crippen LogP contribution in [0.2, 0.25) is 0 Å². The molecule has 1 heterocycles. The molecule has 44 heavy (non-hydrogen) atoms. The van der Waals surface area contributed by atoms with Gasteiger partial charge in [-0.15, -0.1) is 0 Å². The van der Waals surface area contributed by atoms with Gasteiger partial charge in [0.1, 0.15) is 14.5 Å². The van der Waals surface area contributed by atoms with E-state index in [4.69, 9.17) is 4.74 Å². The molecule has 0 spiro atoms. The van der Waals surface area contributed by atoms with E-state index in [2.05, 4.69) is 152 Å². The van der Waals surface area contributed by atoms with Crippen molar-refractivity contribution in [2.45, 2.75) is 12.3 Å². The molecule has 0 saturated carbocycles. The molecule has 0 amide bonds. The van der Waals surface area contributed by atoms with Crippen molar-refractivity contribution in [3.05, 3.63) is 163 Å². The molecule has 1 nitrogen and oxygen atoms in total. The Balaban J connectivity index is 1.35. The van der Waals surface area contributed by atoms with Gasteiger partial charge >= 0.3 is 0 Å². The smallest absolute Gasteiger partial charge is 0.133 e. The molecule has 1 aliphatic heterocycles. The second kappa shape index (κ2) is 11.5. The molecule has 0 bridgehead atoms. The van der Waals surface area contributed by atoms with Gasteiger partial charge in [-0.3, -0.25) is 0 Å². The lowest BCUT2D eigenvalue weighted by Gasteiger charge is -2.26. The number of rotatable bonds is 5. The van der Waals surface area contributed by atoms with Crippen LogP contribution in [0.15, 0.2) is 152 Å². The van der Waals surface area contributed by atoms with Gasteiger partial charge in [0.05, 0.1) is 7.11 Å². The molecule has 3 heteroatoms. The Labute approximate surface area is 262 Å². The molecule has 0 N–H and O–H groups in total. The third-order valence-corrected chi connectivity index (χ3v) is 15.2. The van der Waals surface area contributed by atoms with Gasteiger partial charge in [0, 0.05) is 0 Å². The number of ether oxygens (including phenoxy) is 1. The molecule has 0 aliphatic carbocycles. The Hall–Kier alpha value is -4.49. The summed E-state index contributed by atoms with van der Waals surface area (Å²) in [5, 5.41) is 11.3. The van der Waals surface area contributed by atoms with Crippen molar-refractivity contribution in [2.24, 2.45) is 0 Å². The fraction of sp³-hybridized carbons (Fsp3) is 0.0732. The van der Waals surface area contributed by atoms with Crippen LogP contribution in [0.25, 0.3) is 32.7 Å². The number of hydrogen-bond donors (Lipinski definition) is 0. The number of methoxy groups -OCH3 is 1. The van der Waals surface area contributed by atoms with E-state index in [0.717, 1.165) is 18.1 Å². The maximum absolute atomic E-state index is 5.54. The van der Waals surface area contributed by atoms with E-state index in [1.54, 1.807) is 17.6 Å². The summed E-state index contributed by atoms with van der Waals surface area (Å²) < 4.78 is 5.54. The number of benzene rings is 7. The highest BCUT2D eigenvalue weighted by atomic mass is 31.1. The lowest BCUT2D eigenvalue weighted by atomic mass is 9.88. The predicted molar refractivity (Wildman–Crippen MR) is 193 cm³/mol. The summed E-state index contributed by atoms with van der Waals surface area (Å²) in [5.41, 5.74) is 5.82. The van der Waals surface area contributed by atoms with Crippen molar-refractivity contribution in [1.29, 1.82) is 0 Å². The van der Waals surface area contributed by atoms with Crippen molar-refractivity contribution in [3.63, 3.8) is 0 Å². The van der Waals surface area contributed by atoms with Crippen molar-refractivity contribution >= 4 is 59.1 Å². The Morgan fingerprint density at radius 3 is 1.64 bits per heavy atom. The second-order valence-corrected chi connectivity index (χ2v) is 16.7. The third kappa shape index (κ3) is 4.76. The van der Waals surface area contributed by atoms with E-state index in [0.29, 0.717) is 0 Å². The molecular formula is C41H33OPSi. The Kier molecular flexibility index (Phi) is 7.10. The summed E-state index contributed by atoms with van der Waals surface area (Å²) in [6.45, 7) is 0. The lowest BCUT2D eigenvalue weighted by Crippen LogP contribution is -2.56. The summed E-state index contributed by atoms with van der Waals surface area (Å²) in [6, 6.07) is 56.8. The SMILES string of the molecule is COc1ccc([Si@@H](c2ccccc2)c2ccccc2P2Cc3ccc4ccccc4c3-c3c(ccc4ccccc34)C2)cc1. The Morgan fingerprint density at radius 1 is 0.500 bits per heavy atom. The molecule has 7 aromatic rings. The molecule has 0 radical (unpaired) electrons. The fourth-order valence-corrected chi connectivity index (χ4v) is 13.6. The number of hydrogen-bond acceptors (Lipinski definition) is 1. The molecule has 212 valence electrons. The highest BCUT2D eigenvalue weighted by Gasteiger charge is 2.29. The highest BCUT2D eigenvalue weighted by molar-refractivity contribution is 7.64. The molecule has 1 atom stereocenters. The molecule has 0 saturated heterocycles. The van der Waals surface area contributed by atoms with E-state index in [1.807, 2.05) is 0 Å². The van der Waals surface area contributed by atoms with Gasteiger partial charge in [0.2, 0.25) is 0 Å². The van der Waals surface area contributed by atoms with Crippen molar-refractivity contribution in [1.82, 2.24) is 0 Å². The van der Waals surface area contributed by atoms with Gasteiger partial charge in [-0.2, -0.15) is 0 Å². The zero-order valence-corrected chi connectivity index (χ0v) is 26.8. The molecule has 0 aromatic heterocycles. The van der Waals surface area contributed by atoms with Crippen LogP contribution < -0.4 is 25.6 Å². The first-order valence-corrected chi connectivity index (χ1v) is 18.8. The quantitative estimate of drug-likeness (QED) is 0.112. The highest BCUT2D eigenvalue weighted by Crippen LogP contribution is 2.52. The second-order valence-electron chi connectivity index (χ2n) is 11.7. The van der Waals surface area contributed by atoms with Crippen molar-refractivity contribution in [3.8, 4) is 16.9 Å². The molecule has 0 unspecified atom stereocenters. The Morgan fingerprint density at radius 2 is 1.02 bits per heavy atom. The standard InChI is InChI=1S/C41H33OPSi/c1-42-33-23-25-35(26-24-33)44(34-13-3-2-4-14-34)39-18-10-9-17-38(39)43-27-31-21-19-29-11-5-7-15-36(29)40(31)41-32(28-43)22-20-30-12-6-8-16-37(30)41/h2-26,44H,27-28H2,1H3/t44-/m1/s1. The normalized spacial score (nSPS) is 13.7. The Bertz CT molecular complexity index is 2030. The minimum Gasteiger partial charge on any atom is -0.497 e. The first-order valence-electron chi connectivity index (χ1n) is 15.3. The van der Waals surface area contributed by atoms with Crippen LogP contribution >= 0.6 is 7.92 Å². The van der Waals surface area contributed by atoms with Crippen LogP contribution in [0.5, 0.6) is 5.75 Å². The van der Waals surface area contributed by atoms with Gasteiger partial charge in [-0.25, -0.2) is 0 Å². The summed E-state index contributed by atoms with van der Waals surface area (Å²) in [7, 11) is -0.525. The maximum Gasteiger partial charge on any atom is 0.133 e. The van der Waals surface area contributed by atoms with Crippen LogP contribution in [-0.4, -0.2) is 15.9 Å². The van der Waals surface area contributed by atoms with Crippen molar-refractivity contribution in [2.75, 3.05) is 7.11 Å². The first-order chi connectivity index (χ1) is 21.8. The lowest BCUT2D eigenvalue weighted by molar-refractivity contribution is 0.415. The minimum absolute atomic E-state index is 0.511. The van der Waals surface area contributed by atoms with Crippen LogP contribution in [0, 0.1) is 0 Å². The maximum atomic E-state index is 5.54. The van der Waals surface area contributed by atoms with E-state index in [1.165, 1.54) is 54.2 Å². The largest absolute Gasteiger partial charge is 0.497 e. The summed E-state index contributed by atoms with van der Waals surface area (Å²) in [6.07, 6.45) is 2.15. The van der Waals surface area contributed by atoms with Crippen LogP contribution in [-0.2, 0) is 12.3 Å². The fourth-order valence-electron chi connectivity index (χ4n) is 7.14. The zero-order chi connectivity index (χ0) is 29.5. The topological polar surface area (TPSA) is 9.23 Å². The zero-order valence-electron chi connectivity index (χ0n) is 24.8. The first kappa shape index (κ1) is 27.1. The summed E-state index contributed by atoms with van der Waals surface area (Å²) in [4.78, 5) is 0. The van der Waals surface area contributed by atoms with Gasteiger partial charge in [-0.1, -0.05) is 158 Å². The van der Waals surface area contributed by atoms with Gasteiger partial charge in [0.15, 0.2) is 0 Å². The molecular weight excluding hydrogens is 568 g/mol. The van der Waals surface area contributed by atoms with Crippen LogP contribution in [0.4, 0.5) is 0 Å². The average molecular weight is 601 g/mol. The third-order valence-electron chi connectivity index (χ3n) is 9.17. The van der Waals surface area contributed by atoms with Crippen LogP contribution in [0.1, 0.15) is 11.1 Å². The van der Waals surface area contributed by atoms with Crippen molar-refractivity contribution < 1.29 is 4.74 Å². The molecule has 1 aliphatic rings. The molecule has 8 rings (SSSR count). The average Bonchev–Trinajstić information content (AvgIpc) is 3.27. The van der Waals surface area contributed by atoms with E-state index < -0.39 is 16.7 Å². The predicted octanol–water partition coefficient (Wildman–Crippen LogP) is 7.74. The minimum atomic E-state index is -1.76. The summed E-state index contributed by atoms with van der Waals surface area (Å²) >= 11 is 0. The monoisotopic (exact) mass is 600 g/mol. The molecule has 7 aromatic carbocycles. The van der Waals surface area contributed by atoms with Gasteiger partial charge in [-0.05, 0) is 78.7 Å². The summed E-state index contributed by atoms with van der Waals surface area (Å²) in [5.74, 6) is 0.906. The molecule has 0 fully saturated rings. The van der Waals surface area contributed by atoms with E-state index in [-0.39, 0.29) is 0 Å². The van der Waals surface area contributed by atoms with Crippen LogP contribution in [0.3, 0.4) is 0 Å². The number of fused-ring (bicyclic) bond motifs is 7. The van der Waals surface area contributed by atoms with E-state index in [9.17, 15) is 0 Å². The van der Waals surface area contributed by atoms with E-state index >= 15 is 0 Å².